The van der Waals surface area contributed by atoms with Crippen LogP contribution in [0, 0.1) is 0 Å². The second-order valence-electron chi connectivity index (χ2n) is 15.3. The first-order valence-electron chi connectivity index (χ1n) is 24.6. The molecule has 65 heavy (non-hydrogen) atoms. The minimum Gasteiger partial charge on any atom is -0.462 e. The van der Waals surface area contributed by atoms with Crippen molar-refractivity contribution >= 4 is 17.9 Å². The first-order chi connectivity index (χ1) is 32.0. The predicted molar refractivity (Wildman–Crippen MR) is 278 cm³/mol. The average molecular weight is 891 g/mol. The molecule has 1 unspecified atom stereocenters. The average Bonchev–Trinajstić information content (AvgIpc) is 3.30. The molecule has 0 saturated heterocycles. The molecule has 0 aliphatic carbocycles. The molecular weight excluding hydrogens is 805 g/mol. The standard InChI is InChI=1S/C59H86O6/c1-4-7-10-13-16-19-22-25-28-29-32-34-37-40-43-46-49-52-58(61)64-55-56(65-59(62)53-50-47-44-41-38-35-31-27-24-21-18-15-12-9-6-3)54-63-57(60)51-48-45-42-39-36-33-30-26-23-20-17-14-11-8-5-2/h7-12,16-21,25-28,30-32,34,36,38-39,41,45,47-48,50,56H,4-6,13-15,22-24,29,33,35,37,40,42-44,46,49,51-55H2,1-3H3/b10-7-,11-8-,12-9-,19-16-,20-17-,21-18-,28-25-,30-26-,31-27-,34-32-,39-36-,41-38-,48-45-,50-47-. The van der Waals surface area contributed by atoms with E-state index in [4.69, 9.17) is 14.2 Å². The number of hydrogen-bond donors (Lipinski definition) is 0. The molecule has 0 radical (unpaired) electrons. The molecule has 1 atom stereocenters. The summed E-state index contributed by atoms with van der Waals surface area (Å²) in [6, 6.07) is 0. The molecule has 0 amide bonds. The molecule has 0 aromatic heterocycles. The molecule has 0 aromatic rings. The Hall–Kier alpha value is -5.23. The van der Waals surface area contributed by atoms with Gasteiger partial charge in [-0.15, -0.1) is 0 Å². The van der Waals surface area contributed by atoms with Gasteiger partial charge >= 0.3 is 17.9 Å². The summed E-state index contributed by atoms with van der Waals surface area (Å²) >= 11 is 0. The molecule has 6 heteroatoms. The maximum atomic E-state index is 12.7. The molecular formula is C59H86O6. The van der Waals surface area contributed by atoms with E-state index in [-0.39, 0.29) is 38.4 Å². The Morgan fingerprint density at radius 2 is 0.615 bits per heavy atom. The summed E-state index contributed by atoms with van der Waals surface area (Å²) in [4.78, 5) is 37.8. The number of carbonyl (C=O) groups is 3. The highest BCUT2D eigenvalue weighted by atomic mass is 16.6. The maximum Gasteiger partial charge on any atom is 0.310 e. The van der Waals surface area contributed by atoms with Crippen LogP contribution < -0.4 is 0 Å². The van der Waals surface area contributed by atoms with Crippen molar-refractivity contribution in [3.63, 3.8) is 0 Å². The van der Waals surface area contributed by atoms with E-state index in [0.29, 0.717) is 12.8 Å². The minimum absolute atomic E-state index is 0.0624. The molecule has 0 aromatic carbocycles. The van der Waals surface area contributed by atoms with Crippen molar-refractivity contribution in [3.8, 4) is 0 Å². The fourth-order valence-electron chi connectivity index (χ4n) is 5.70. The van der Waals surface area contributed by atoms with Crippen LogP contribution in [0.3, 0.4) is 0 Å². The maximum absolute atomic E-state index is 12.7. The van der Waals surface area contributed by atoms with Gasteiger partial charge in [0.15, 0.2) is 6.10 Å². The second kappa shape index (κ2) is 51.4. The number of hydrogen-bond acceptors (Lipinski definition) is 6. The molecule has 6 nitrogen and oxygen atoms in total. The molecule has 0 aliphatic rings. The molecule has 0 heterocycles. The van der Waals surface area contributed by atoms with Gasteiger partial charge in [-0.2, -0.15) is 0 Å². The lowest BCUT2D eigenvalue weighted by atomic mass is 10.1. The van der Waals surface area contributed by atoms with Crippen LogP contribution in [0.1, 0.15) is 162 Å². The summed E-state index contributed by atoms with van der Waals surface area (Å²) in [5.41, 5.74) is 0. The molecule has 0 aliphatic heterocycles. The third-order valence-electron chi connectivity index (χ3n) is 9.26. The fraction of sp³-hybridized carbons (Fsp3) is 0.475. The largest absolute Gasteiger partial charge is 0.462 e. The molecule has 0 rings (SSSR count). The summed E-state index contributed by atoms with van der Waals surface area (Å²) in [6.45, 7) is 6.06. The number of rotatable bonds is 41. The molecule has 0 saturated carbocycles. The summed E-state index contributed by atoms with van der Waals surface area (Å²) in [5.74, 6) is -1.27. The first kappa shape index (κ1) is 59.8. The fourth-order valence-corrected chi connectivity index (χ4v) is 5.70. The van der Waals surface area contributed by atoms with Crippen molar-refractivity contribution in [2.45, 2.75) is 168 Å². The summed E-state index contributed by atoms with van der Waals surface area (Å²) in [6.07, 6.45) is 76.7. The lowest BCUT2D eigenvalue weighted by Gasteiger charge is -2.17. The first-order valence-corrected chi connectivity index (χ1v) is 24.6. The van der Waals surface area contributed by atoms with Crippen LogP contribution in [0.2, 0.25) is 0 Å². The van der Waals surface area contributed by atoms with Gasteiger partial charge in [0, 0.05) is 6.42 Å². The van der Waals surface area contributed by atoms with Crippen molar-refractivity contribution in [2.75, 3.05) is 13.2 Å². The van der Waals surface area contributed by atoms with Crippen molar-refractivity contribution in [2.24, 2.45) is 0 Å². The smallest absolute Gasteiger partial charge is 0.310 e. The van der Waals surface area contributed by atoms with Gasteiger partial charge < -0.3 is 14.2 Å². The van der Waals surface area contributed by atoms with E-state index >= 15 is 0 Å². The van der Waals surface area contributed by atoms with Gasteiger partial charge in [0.25, 0.3) is 0 Å². The van der Waals surface area contributed by atoms with E-state index in [0.717, 1.165) is 109 Å². The summed E-state index contributed by atoms with van der Waals surface area (Å²) in [5, 5.41) is 0. The second-order valence-corrected chi connectivity index (χ2v) is 15.3. The highest BCUT2D eigenvalue weighted by molar-refractivity contribution is 5.72. The van der Waals surface area contributed by atoms with Gasteiger partial charge in [0.2, 0.25) is 0 Å². The number of unbranched alkanes of at least 4 members (excludes halogenated alkanes) is 4. The zero-order valence-corrected chi connectivity index (χ0v) is 40.7. The normalized spacial score (nSPS) is 13.6. The van der Waals surface area contributed by atoms with Gasteiger partial charge in [-0.25, -0.2) is 0 Å². The van der Waals surface area contributed by atoms with E-state index in [1.807, 2.05) is 12.2 Å². The number of ether oxygens (including phenoxy) is 3. The zero-order valence-electron chi connectivity index (χ0n) is 40.7. The van der Waals surface area contributed by atoms with E-state index in [1.54, 1.807) is 12.2 Å². The van der Waals surface area contributed by atoms with Crippen molar-refractivity contribution in [1.29, 1.82) is 0 Å². The van der Waals surface area contributed by atoms with Crippen molar-refractivity contribution in [1.82, 2.24) is 0 Å². The third kappa shape index (κ3) is 49.6. The Bertz CT molecular complexity index is 1590. The van der Waals surface area contributed by atoms with Crippen LogP contribution >= 0.6 is 0 Å². The zero-order chi connectivity index (χ0) is 47.2. The van der Waals surface area contributed by atoms with Gasteiger partial charge in [-0.05, 0) is 109 Å². The number of allylic oxidation sites excluding steroid dienone is 26. The summed E-state index contributed by atoms with van der Waals surface area (Å²) < 4.78 is 16.5. The van der Waals surface area contributed by atoms with E-state index in [1.165, 1.54) is 0 Å². The van der Waals surface area contributed by atoms with E-state index in [9.17, 15) is 14.4 Å². The predicted octanol–water partition coefficient (Wildman–Crippen LogP) is 16.4. The van der Waals surface area contributed by atoms with Crippen LogP contribution in [-0.2, 0) is 28.6 Å². The topological polar surface area (TPSA) is 78.9 Å². The van der Waals surface area contributed by atoms with Gasteiger partial charge in [-0.1, -0.05) is 204 Å². The Balaban J connectivity index is 4.72. The van der Waals surface area contributed by atoms with E-state index in [2.05, 4.69) is 167 Å². The van der Waals surface area contributed by atoms with Crippen LogP contribution in [0.15, 0.2) is 170 Å². The lowest BCUT2D eigenvalue weighted by molar-refractivity contribution is -0.166. The molecule has 358 valence electrons. The lowest BCUT2D eigenvalue weighted by Crippen LogP contribution is -2.30. The Kier molecular flexibility index (Phi) is 47.3. The summed E-state index contributed by atoms with van der Waals surface area (Å²) in [7, 11) is 0. The van der Waals surface area contributed by atoms with Crippen molar-refractivity contribution < 1.29 is 28.6 Å². The van der Waals surface area contributed by atoms with Gasteiger partial charge in [0.05, 0.1) is 12.8 Å². The third-order valence-corrected chi connectivity index (χ3v) is 9.26. The monoisotopic (exact) mass is 891 g/mol. The molecule has 0 bridgehead atoms. The van der Waals surface area contributed by atoms with Crippen LogP contribution in [0.5, 0.6) is 0 Å². The molecule has 0 spiro atoms. The van der Waals surface area contributed by atoms with Crippen LogP contribution in [0.25, 0.3) is 0 Å². The number of esters is 3. The van der Waals surface area contributed by atoms with Gasteiger partial charge in [-0.3, -0.25) is 14.4 Å². The molecule has 0 N–H and O–H groups in total. The van der Waals surface area contributed by atoms with Crippen LogP contribution in [0.4, 0.5) is 0 Å². The molecule has 0 fully saturated rings. The minimum atomic E-state index is -0.891. The highest BCUT2D eigenvalue weighted by Gasteiger charge is 2.19. The van der Waals surface area contributed by atoms with E-state index < -0.39 is 18.0 Å². The van der Waals surface area contributed by atoms with Crippen LogP contribution in [-0.4, -0.2) is 37.2 Å². The van der Waals surface area contributed by atoms with Gasteiger partial charge in [0.1, 0.15) is 13.2 Å². The Morgan fingerprint density at radius 3 is 0.985 bits per heavy atom. The number of carbonyl (C=O) groups excluding carboxylic acids is 3. The highest BCUT2D eigenvalue weighted by Crippen LogP contribution is 2.09. The van der Waals surface area contributed by atoms with Crippen molar-refractivity contribution in [3.05, 3.63) is 170 Å². The quantitative estimate of drug-likeness (QED) is 0.0263. The SMILES string of the molecule is CC/C=C\C/C=C\C/C=C\C/C=C\C/C=C\CC(=O)OCC(COC(=O)CCCCCC/C=C\C/C=C\C/C=C\C/C=C\CC)OC(=O)C/C=C\C/C=C\C/C=C\C/C=C\C/C=C\CC. The Labute approximate surface area is 396 Å². The Morgan fingerprint density at radius 1 is 0.323 bits per heavy atom.